The van der Waals surface area contributed by atoms with Crippen LogP contribution < -0.4 is 19.6 Å². The molecule has 0 spiro atoms. The van der Waals surface area contributed by atoms with Crippen molar-refractivity contribution in [2.24, 2.45) is 0 Å². The average Bonchev–Trinajstić information content (AvgIpc) is 3.19. The highest BCUT2D eigenvalue weighted by molar-refractivity contribution is 7.89. The number of unbranched alkanes of at least 4 members (excludes halogenated alkanes) is 1. The molecule has 4 rings (SSSR count). The molecule has 1 fully saturated rings. The zero-order valence-corrected chi connectivity index (χ0v) is 23.3. The topological polar surface area (TPSA) is 98.5 Å². The normalized spacial score (nSPS) is 15.0. The number of rotatable bonds is 12. The van der Waals surface area contributed by atoms with Crippen LogP contribution >= 0.6 is 0 Å². The van der Waals surface area contributed by atoms with E-state index in [2.05, 4.69) is 11.8 Å². The SMILES string of the molecule is CCCCOc1ccc(S(=O)(=O)N2CCCN(Cc3cc(=O)c(OCc4cccc(OC)c4)co3)CC2)cc1. The van der Waals surface area contributed by atoms with Gasteiger partial charge in [-0.1, -0.05) is 25.5 Å². The van der Waals surface area contributed by atoms with E-state index in [1.807, 2.05) is 24.3 Å². The minimum absolute atomic E-state index is 0.136. The molecule has 0 bridgehead atoms. The van der Waals surface area contributed by atoms with Crippen molar-refractivity contribution >= 4 is 10.0 Å². The first kappa shape index (κ1) is 28.7. The number of benzene rings is 2. The summed E-state index contributed by atoms with van der Waals surface area (Å²) >= 11 is 0. The first-order valence-electron chi connectivity index (χ1n) is 13.2. The zero-order valence-electron chi connectivity index (χ0n) is 22.5. The average molecular weight is 557 g/mol. The summed E-state index contributed by atoms with van der Waals surface area (Å²) in [5.41, 5.74) is 0.610. The summed E-state index contributed by atoms with van der Waals surface area (Å²) in [6.45, 7) is 5.31. The van der Waals surface area contributed by atoms with Gasteiger partial charge < -0.3 is 18.6 Å². The molecule has 0 radical (unpaired) electrons. The Morgan fingerprint density at radius 1 is 0.949 bits per heavy atom. The van der Waals surface area contributed by atoms with E-state index in [-0.39, 0.29) is 22.7 Å². The number of hydrogen-bond acceptors (Lipinski definition) is 8. The molecule has 0 amide bonds. The molecule has 1 aliphatic rings. The molecule has 1 aliphatic heterocycles. The quantitative estimate of drug-likeness (QED) is 0.305. The van der Waals surface area contributed by atoms with E-state index in [9.17, 15) is 13.2 Å². The van der Waals surface area contributed by atoms with Gasteiger partial charge in [0.1, 0.15) is 30.1 Å². The maximum absolute atomic E-state index is 13.2. The molecule has 10 heteroatoms. The highest BCUT2D eigenvalue weighted by Gasteiger charge is 2.27. The molecule has 2 heterocycles. The van der Waals surface area contributed by atoms with Crippen LogP contribution in [0, 0.1) is 0 Å². The van der Waals surface area contributed by atoms with Crippen LogP contribution in [-0.2, 0) is 23.2 Å². The molecule has 0 atom stereocenters. The Morgan fingerprint density at radius 2 is 1.77 bits per heavy atom. The summed E-state index contributed by atoms with van der Waals surface area (Å²) in [4.78, 5) is 15.0. The Morgan fingerprint density at radius 3 is 2.51 bits per heavy atom. The van der Waals surface area contributed by atoms with Crippen molar-refractivity contribution in [3.63, 3.8) is 0 Å². The minimum Gasteiger partial charge on any atom is -0.497 e. The Labute approximate surface area is 230 Å². The van der Waals surface area contributed by atoms with Gasteiger partial charge in [0, 0.05) is 25.7 Å². The van der Waals surface area contributed by atoms with Crippen LogP contribution in [0.4, 0.5) is 0 Å². The smallest absolute Gasteiger partial charge is 0.243 e. The van der Waals surface area contributed by atoms with Crippen LogP contribution in [0.25, 0.3) is 0 Å². The van der Waals surface area contributed by atoms with Gasteiger partial charge in [-0.15, -0.1) is 0 Å². The third-order valence-corrected chi connectivity index (χ3v) is 8.45. The molecule has 210 valence electrons. The summed E-state index contributed by atoms with van der Waals surface area (Å²) in [7, 11) is -2.02. The van der Waals surface area contributed by atoms with E-state index in [1.165, 1.54) is 16.6 Å². The van der Waals surface area contributed by atoms with Crippen LogP contribution in [0.15, 0.2) is 75.0 Å². The van der Waals surface area contributed by atoms with Gasteiger partial charge in [-0.3, -0.25) is 9.69 Å². The standard InChI is InChI=1S/C29H36N2O7S/c1-3-4-17-36-24-9-11-27(12-10-24)39(33,34)31-14-6-13-30(15-16-31)20-26-19-28(32)29(22-37-26)38-21-23-7-5-8-25(18-23)35-2/h5,7-12,18-19,22H,3-4,6,13-17,20-21H2,1-2H3. The maximum atomic E-state index is 13.2. The molecule has 9 nitrogen and oxygen atoms in total. The first-order chi connectivity index (χ1) is 18.9. The van der Waals surface area contributed by atoms with E-state index < -0.39 is 10.0 Å². The van der Waals surface area contributed by atoms with Crippen molar-refractivity contribution in [3.05, 3.63) is 82.4 Å². The Kier molecular flexibility index (Phi) is 10.0. The second-order valence-corrected chi connectivity index (χ2v) is 11.4. The first-order valence-corrected chi connectivity index (χ1v) is 14.7. The van der Waals surface area contributed by atoms with E-state index in [0.717, 1.165) is 18.4 Å². The lowest BCUT2D eigenvalue weighted by Crippen LogP contribution is -2.35. The van der Waals surface area contributed by atoms with E-state index in [1.54, 1.807) is 31.4 Å². The van der Waals surface area contributed by atoms with Crippen LogP contribution in [-0.4, -0.2) is 57.5 Å². The molecule has 0 N–H and O–H groups in total. The largest absolute Gasteiger partial charge is 0.497 e. The van der Waals surface area contributed by atoms with E-state index in [0.29, 0.717) is 63.0 Å². The van der Waals surface area contributed by atoms with E-state index >= 15 is 0 Å². The lowest BCUT2D eigenvalue weighted by molar-refractivity contribution is 0.245. The molecule has 0 unspecified atom stereocenters. The van der Waals surface area contributed by atoms with Gasteiger partial charge in [-0.25, -0.2) is 8.42 Å². The van der Waals surface area contributed by atoms with Crippen LogP contribution in [0.3, 0.4) is 0 Å². The number of hydrogen-bond donors (Lipinski definition) is 0. The van der Waals surface area contributed by atoms with Gasteiger partial charge in [0.25, 0.3) is 0 Å². The van der Waals surface area contributed by atoms with Gasteiger partial charge in [-0.05, 0) is 61.3 Å². The molecule has 1 aromatic heterocycles. The molecular formula is C29H36N2O7S. The van der Waals surface area contributed by atoms with Gasteiger partial charge in [0.05, 0.1) is 25.2 Å². The summed E-state index contributed by atoms with van der Waals surface area (Å²) < 4.78 is 50.2. The number of sulfonamides is 1. The summed E-state index contributed by atoms with van der Waals surface area (Å²) in [6, 6.07) is 15.5. The van der Waals surface area contributed by atoms with Crippen LogP contribution in [0.1, 0.15) is 37.5 Å². The zero-order chi connectivity index (χ0) is 27.7. The van der Waals surface area contributed by atoms with Crippen molar-refractivity contribution in [3.8, 4) is 17.2 Å². The third kappa shape index (κ3) is 7.84. The van der Waals surface area contributed by atoms with Crippen LogP contribution in [0.5, 0.6) is 17.2 Å². The van der Waals surface area contributed by atoms with Gasteiger partial charge in [-0.2, -0.15) is 4.31 Å². The molecule has 0 aliphatic carbocycles. The highest BCUT2D eigenvalue weighted by atomic mass is 32.2. The fraction of sp³-hybridized carbons (Fsp3) is 0.414. The number of nitrogens with zero attached hydrogens (tertiary/aromatic N) is 2. The molecule has 1 saturated heterocycles. The molecule has 0 saturated carbocycles. The van der Waals surface area contributed by atoms with E-state index in [4.69, 9.17) is 18.6 Å². The van der Waals surface area contributed by atoms with Gasteiger partial charge in [0.2, 0.25) is 21.2 Å². The van der Waals surface area contributed by atoms with Crippen molar-refractivity contribution in [1.29, 1.82) is 0 Å². The number of methoxy groups -OCH3 is 1. The van der Waals surface area contributed by atoms with Gasteiger partial charge in [0.15, 0.2) is 0 Å². The summed E-state index contributed by atoms with van der Waals surface area (Å²) in [5.74, 6) is 2.02. The summed E-state index contributed by atoms with van der Waals surface area (Å²) in [6.07, 6.45) is 4.00. The van der Waals surface area contributed by atoms with Crippen molar-refractivity contribution < 1.29 is 27.0 Å². The lowest BCUT2D eigenvalue weighted by atomic mass is 10.2. The van der Waals surface area contributed by atoms with Crippen LogP contribution in [0.2, 0.25) is 0 Å². The summed E-state index contributed by atoms with van der Waals surface area (Å²) in [5, 5.41) is 0. The fourth-order valence-corrected chi connectivity index (χ4v) is 5.78. The second-order valence-electron chi connectivity index (χ2n) is 9.42. The Hall–Kier alpha value is -3.34. The molecule has 2 aromatic carbocycles. The Balaban J connectivity index is 1.31. The third-order valence-electron chi connectivity index (χ3n) is 6.54. The van der Waals surface area contributed by atoms with Crippen molar-refractivity contribution in [1.82, 2.24) is 9.21 Å². The number of ether oxygens (including phenoxy) is 3. The Bertz CT molecular complexity index is 1370. The molecular weight excluding hydrogens is 520 g/mol. The second kappa shape index (κ2) is 13.6. The van der Waals surface area contributed by atoms with Crippen molar-refractivity contribution in [2.75, 3.05) is 39.9 Å². The fourth-order valence-electron chi connectivity index (χ4n) is 4.31. The molecule has 39 heavy (non-hydrogen) atoms. The molecule has 3 aromatic rings. The highest BCUT2D eigenvalue weighted by Crippen LogP contribution is 2.22. The monoisotopic (exact) mass is 556 g/mol. The predicted molar refractivity (Wildman–Crippen MR) is 148 cm³/mol. The van der Waals surface area contributed by atoms with Crippen molar-refractivity contribution in [2.45, 2.75) is 44.2 Å². The maximum Gasteiger partial charge on any atom is 0.243 e. The predicted octanol–water partition coefficient (Wildman–Crippen LogP) is 4.30. The van der Waals surface area contributed by atoms with Gasteiger partial charge >= 0.3 is 0 Å². The lowest BCUT2D eigenvalue weighted by Gasteiger charge is -2.21. The minimum atomic E-state index is -3.62.